The average molecular weight is 771 g/mol. The van der Waals surface area contributed by atoms with Crippen molar-refractivity contribution in [2.24, 2.45) is 5.14 Å². The number of fused-ring (bicyclic) bond motifs is 1. The summed E-state index contributed by atoms with van der Waals surface area (Å²) >= 11 is 0. The number of primary sulfonamides is 1. The second-order valence-corrected chi connectivity index (χ2v) is 15.1. The Labute approximate surface area is 317 Å². The van der Waals surface area contributed by atoms with Crippen LogP contribution in [0.5, 0.6) is 0 Å². The summed E-state index contributed by atoms with van der Waals surface area (Å²) in [6.45, 7) is 1.31. The van der Waals surface area contributed by atoms with E-state index in [-0.39, 0.29) is 29.0 Å². The summed E-state index contributed by atoms with van der Waals surface area (Å²) < 4.78 is 30.0. The Kier molecular flexibility index (Phi) is 10.8. The van der Waals surface area contributed by atoms with Crippen molar-refractivity contribution in [2.45, 2.75) is 54.0 Å². The smallest absolute Gasteiger partial charge is 0.407 e. The van der Waals surface area contributed by atoms with Gasteiger partial charge in [0.15, 0.2) is 17.0 Å². The van der Waals surface area contributed by atoms with Gasteiger partial charge in [-0.05, 0) is 42.2 Å². The van der Waals surface area contributed by atoms with Gasteiger partial charge in [0.25, 0.3) is 0 Å². The number of aliphatic hydroxyl groups is 2. The van der Waals surface area contributed by atoms with Crippen LogP contribution in [0.4, 0.5) is 27.0 Å². The normalized spacial score (nSPS) is 21.1. The van der Waals surface area contributed by atoms with E-state index in [9.17, 15) is 28.2 Å². The lowest BCUT2D eigenvalue weighted by molar-refractivity contribution is 0.0142. The van der Waals surface area contributed by atoms with Gasteiger partial charge in [-0.3, -0.25) is 0 Å². The molecule has 1 aliphatic carbocycles. The molecule has 1 unspecified atom stereocenters. The van der Waals surface area contributed by atoms with Gasteiger partial charge >= 0.3 is 12.1 Å². The number of imidazole rings is 1. The zero-order chi connectivity index (χ0) is 38.7. The molecule has 2 fully saturated rings. The maximum absolute atomic E-state index is 13.0. The van der Waals surface area contributed by atoms with Crippen molar-refractivity contribution in [3.05, 3.63) is 102 Å². The SMILES string of the molecule is COC(=O)N[C@H]1C[C@@H](n2cnc3c(NCC(c4ccccc4)c4ccccc4)nc(N4CCC(NC(=O)Nc5cccc(S(N)(=O)=O)c5)C4)nc32)[C@H](O)[C@@H]1O. The van der Waals surface area contributed by atoms with Gasteiger partial charge < -0.3 is 45.7 Å². The molecule has 7 rings (SSSR count). The summed E-state index contributed by atoms with van der Waals surface area (Å²) in [6.07, 6.45) is -0.953. The van der Waals surface area contributed by atoms with Crippen LogP contribution in [-0.2, 0) is 14.8 Å². The summed E-state index contributed by atoms with van der Waals surface area (Å²) in [4.78, 5) is 41.3. The number of benzene rings is 3. The Morgan fingerprint density at radius 2 is 1.67 bits per heavy atom. The second-order valence-electron chi connectivity index (χ2n) is 13.6. The molecule has 5 atom stereocenters. The Morgan fingerprint density at radius 1 is 0.964 bits per heavy atom. The number of nitrogens with zero attached hydrogens (tertiary/aromatic N) is 5. The van der Waals surface area contributed by atoms with Gasteiger partial charge in [0.1, 0.15) is 12.2 Å². The quantitative estimate of drug-likeness (QED) is 0.103. The number of hydrogen-bond donors (Lipinski definition) is 7. The van der Waals surface area contributed by atoms with Crippen LogP contribution in [-0.4, -0.2) is 101 Å². The van der Waals surface area contributed by atoms with Gasteiger partial charge in [-0.25, -0.2) is 28.1 Å². The van der Waals surface area contributed by atoms with Crippen molar-refractivity contribution in [3.63, 3.8) is 0 Å². The third-order valence-corrected chi connectivity index (χ3v) is 10.9. The highest BCUT2D eigenvalue weighted by Gasteiger charge is 2.44. The maximum Gasteiger partial charge on any atom is 0.407 e. The molecule has 288 valence electrons. The topological polar surface area (TPSA) is 239 Å². The predicted octanol–water partition coefficient (Wildman–Crippen LogP) is 2.51. The van der Waals surface area contributed by atoms with E-state index in [0.717, 1.165) is 11.1 Å². The zero-order valence-electron chi connectivity index (χ0n) is 29.8. The Bertz CT molecular complexity index is 2220. The van der Waals surface area contributed by atoms with Crippen LogP contribution in [0.3, 0.4) is 0 Å². The van der Waals surface area contributed by atoms with E-state index < -0.39 is 46.4 Å². The van der Waals surface area contributed by atoms with E-state index in [0.29, 0.717) is 49.0 Å². The molecule has 18 heteroatoms. The van der Waals surface area contributed by atoms with E-state index in [1.165, 1.54) is 25.3 Å². The van der Waals surface area contributed by atoms with E-state index in [1.807, 2.05) is 41.3 Å². The van der Waals surface area contributed by atoms with Crippen LogP contribution in [0.15, 0.2) is 96.2 Å². The number of rotatable bonds is 11. The third-order valence-electron chi connectivity index (χ3n) is 10.0. The molecule has 2 aromatic heterocycles. The molecule has 8 N–H and O–H groups in total. The molecule has 3 amide bonds. The second kappa shape index (κ2) is 15.9. The monoisotopic (exact) mass is 770 g/mol. The number of amides is 3. The molecule has 0 bridgehead atoms. The van der Waals surface area contributed by atoms with Crippen molar-refractivity contribution >= 4 is 50.8 Å². The minimum atomic E-state index is -3.95. The highest BCUT2D eigenvalue weighted by atomic mass is 32.2. The van der Waals surface area contributed by atoms with Crippen LogP contribution in [0.1, 0.15) is 35.9 Å². The number of aromatic nitrogens is 4. The molecule has 55 heavy (non-hydrogen) atoms. The molecule has 0 radical (unpaired) electrons. The van der Waals surface area contributed by atoms with E-state index in [4.69, 9.17) is 19.8 Å². The first-order valence-corrected chi connectivity index (χ1v) is 19.3. The summed E-state index contributed by atoms with van der Waals surface area (Å²) in [5.74, 6) is 0.770. The lowest BCUT2D eigenvalue weighted by Crippen LogP contribution is -2.43. The number of methoxy groups -OCH3 is 1. The van der Waals surface area contributed by atoms with Crippen LogP contribution in [0.2, 0.25) is 0 Å². The minimum absolute atomic E-state index is 0.0422. The van der Waals surface area contributed by atoms with Crippen molar-refractivity contribution in [1.82, 2.24) is 30.2 Å². The number of aliphatic hydroxyl groups excluding tert-OH is 2. The number of sulfonamides is 1. The average Bonchev–Trinajstić information content (AvgIpc) is 3.90. The fourth-order valence-corrected chi connectivity index (χ4v) is 7.77. The Hall–Kier alpha value is -5.82. The predicted molar refractivity (Wildman–Crippen MR) is 204 cm³/mol. The van der Waals surface area contributed by atoms with Crippen molar-refractivity contribution in [2.75, 3.05) is 42.3 Å². The fourth-order valence-electron chi connectivity index (χ4n) is 7.21. The zero-order valence-corrected chi connectivity index (χ0v) is 30.6. The lowest BCUT2D eigenvalue weighted by Gasteiger charge is -2.22. The molecule has 3 aromatic carbocycles. The van der Waals surface area contributed by atoms with Gasteiger partial charge in [0, 0.05) is 37.3 Å². The summed E-state index contributed by atoms with van der Waals surface area (Å²) in [5, 5.41) is 39.0. The highest BCUT2D eigenvalue weighted by molar-refractivity contribution is 7.89. The van der Waals surface area contributed by atoms with Crippen LogP contribution >= 0.6 is 0 Å². The number of carbonyl (C=O) groups excluding carboxylic acids is 2. The van der Waals surface area contributed by atoms with Crippen LogP contribution in [0.25, 0.3) is 11.2 Å². The van der Waals surface area contributed by atoms with E-state index in [1.54, 1.807) is 17.0 Å². The van der Waals surface area contributed by atoms with Crippen LogP contribution < -0.4 is 31.3 Å². The number of hydrogen-bond acceptors (Lipinski definition) is 12. The highest BCUT2D eigenvalue weighted by Crippen LogP contribution is 2.35. The molecular formula is C37H42N10O7S. The van der Waals surface area contributed by atoms with Gasteiger partial charge in [-0.2, -0.15) is 9.97 Å². The van der Waals surface area contributed by atoms with Crippen molar-refractivity contribution in [1.29, 1.82) is 0 Å². The lowest BCUT2D eigenvalue weighted by atomic mass is 9.91. The number of nitrogens with one attached hydrogen (secondary N) is 4. The third kappa shape index (κ3) is 8.31. The number of urea groups is 1. The number of anilines is 3. The Morgan fingerprint density at radius 3 is 2.35 bits per heavy atom. The van der Waals surface area contributed by atoms with Crippen LogP contribution in [0, 0.1) is 0 Å². The Balaban J connectivity index is 1.16. The van der Waals surface area contributed by atoms with Crippen molar-refractivity contribution < 1.29 is 33.0 Å². The first-order chi connectivity index (χ1) is 26.5. The molecule has 1 saturated heterocycles. The molecule has 1 aliphatic heterocycles. The maximum atomic E-state index is 13.0. The summed E-state index contributed by atoms with van der Waals surface area (Å²) in [7, 11) is -2.73. The first kappa shape index (κ1) is 37.5. The molecule has 0 spiro atoms. The largest absolute Gasteiger partial charge is 0.453 e. The number of carbonyl (C=O) groups is 2. The van der Waals surface area contributed by atoms with Crippen molar-refractivity contribution in [3.8, 4) is 0 Å². The van der Waals surface area contributed by atoms with E-state index in [2.05, 4.69) is 50.5 Å². The summed E-state index contributed by atoms with van der Waals surface area (Å²) in [6, 6.07) is 23.6. The molecule has 1 saturated carbocycles. The van der Waals surface area contributed by atoms with Gasteiger partial charge in [0.2, 0.25) is 16.0 Å². The molecule has 17 nitrogen and oxygen atoms in total. The number of alkyl carbamates (subject to hydrolysis) is 1. The van der Waals surface area contributed by atoms with E-state index >= 15 is 0 Å². The fraction of sp³-hybridized carbons (Fsp3) is 0.324. The van der Waals surface area contributed by atoms with Gasteiger partial charge in [-0.1, -0.05) is 66.7 Å². The number of ether oxygens (including phenoxy) is 1. The minimum Gasteiger partial charge on any atom is -0.453 e. The molecule has 2 aliphatic rings. The molecular weight excluding hydrogens is 729 g/mol. The molecule has 3 heterocycles. The standard InChI is InChI=1S/C37H42N10O7S/c1-54-37(51)43-28-18-29(32(49)31(28)48)47-21-40-30-33(39-19-27(22-9-4-2-5-10-22)23-11-6-3-7-12-23)44-35(45-34(30)47)46-16-15-25(20-46)42-36(50)41-24-13-8-14-26(17-24)55(38,52)53/h2-14,17,21,25,27-29,31-32,48-49H,15-16,18-20H2,1H3,(H,43,51)(H2,38,52,53)(H,39,44,45)(H2,41,42,50)/t25?,28-,29+,31+,32-/m0/s1. The number of nitrogens with two attached hydrogens (primary N) is 1. The van der Waals surface area contributed by atoms with Gasteiger partial charge in [0.05, 0.1) is 30.4 Å². The van der Waals surface area contributed by atoms with Gasteiger partial charge in [-0.15, -0.1) is 0 Å². The summed E-state index contributed by atoms with van der Waals surface area (Å²) in [5.41, 5.74) is 3.33. The first-order valence-electron chi connectivity index (χ1n) is 17.7. The molecule has 5 aromatic rings.